The Bertz CT molecular complexity index is 1200. The molecule has 3 heterocycles. The predicted molar refractivity (Wildman–Crippen MR) is 121 cm³/mol. The normalized spacial score (nSPS) is 14.3. The minimum absolute atomic E-state index is 0.0103. The summed E-state index contributed by atoms with van der Waals surface area (Å²) in [6, 6.07) is 2.98. The van der Waals surface area contributed by atoms with Gasteiger partial charge >= 0.3 is 0 Å². The van der Waals surface area contributed by atoms with Gasteiger partial charge in [0.15, 0.2) is 11.9 Å². The van der Waals surface area contributed by atoms with Crippen molar-refractivity contribution in [1.82, 2.24) is 9.97 Å². The monoisotopic (exact) mass is 461 g/mol. The Morgan fingerprint density at radius 2 is 2.23 bits per heavy atom. The number of fused-ring (bicyclic) bond motifs is 2. The Hall–Kier alpha value is -2.43. The van der Waals surface area contributed by atoms with Gasteiger partial charge in [0.2, 0.25) is 0 Å². The third-order valence-electron chi connectivity index (χ3n) is 5.44. The van der Waals surface area contributed by atoms with Crippen LogP contribution in [0.3, 0.4) is 0 Å². The molecular weight excluding hydrogens is 438 g/mol. The third kappa shape index (κ3) is 4.46. The number of rotatable bonds is 7. The zero-order valence-corrected chi connectivity index (χ0v) is 19.2. The fraction of sp³-hybridized carbons (Fsp3) is 0.429. The summed E-state index contributed by atoms with van der Waals surface area (Å²) in [6.45, 7) is 6.74. The smallest absolute Gasteiger partial charge is 0.270 e. The Morgan fingerprint density at radius 3 is 2.97 bits per heavy atom. The van der Waals surface area contributed by atoms with E-state index in [0.717, 1.165) is 28.1 Å². The SMILES string of the molecule is CCC(C)Cc1c(C)sc2nc(SCc3cc([N+](=O)[O-])cc4c3OCOC4)[nH]c(=O)c12. The number of aryl methyl sites for hydroxylation is 1. The van der Waals surface area contributed by atoms with Gasteiger partial charge in [0.25, 0.3) is 11.2 Å². The lowest BCUT2D eigenvalue weighted by atomic mass is 9.98. The van der Waals surface area contributed by atoms with Crippen LogP contribution in [0.1, 0.15) is 41.8 Å². The molecule has 1 aliphatic rings. The summed E-state index contributed by atoms with van der Waals surface area (Å²) in [5.41, 5.74) is 2.27. The maximum Gasteiger partial charge on any atom is 0.270 e. The Labute approximate surface area is 187 Å². The lowest BCUT2D eigenvalue weighted by Gasteiger charge is -2.20. The van der Waals surface area contributed by atoms with Crippen LogP contribution in [0.15, 0.2) is 22.1 Å². The maximum atomic E-state index is 12.9. The Morgan fingerprint density at radius 1 is 1.42 bits per heavy atom. The minimum atomic E-state index is -0.428. The van der Waals surface area contributed by atoms with Gasteiger partial charge in [-0.1, -0.05) is 32.0 Å². The van der Waals surface area contributed by atoms with E-state index < -0.39 is 4.92 Å². The fourth-order valence-electron chi connectivity index (χ4n) is 3.60. The molecule has 0 fully saturated rings. The molecule has 0 radical (unpaired) electrons. The number of nitro benzene ring substituents is 1. The first-order chi connectivity index (χ1) is 14.9. The molecule has 1 N–H and O–H groups in total. The molecule has 0 aliphatic carbocycles. The molecule has 1 atom stereocenters. The molecule has 1 aromatic carbocycles. The average Bonchev–Trinajstić information content (AvgIpc) is 3.06. The Kier molecular flexibility index (Phi) is 6.31. The first-order valence-electron chi connectivity index (χ1n) is 10.0. The van der Waals surface area contributed by atoms with Crippen LogP contribution in [0, 0.1) is 23.0 Å². The molecule has 0 spiro atoms. The molecule has 164 valence electrons. The highest BCUT2D eigenvalue weighted by molar-refractivity contribution is 7.98. The summed E-state index contributed by atoms with van der Waals surface area (Å²) in [6.07, 6.45) is 1.91. The summed E-state index contributed by atoms with van der Waals surface area (Å²) < 4.78 is 10.8. The number of aromatic nitrogens is 2. The molecule has 0 saturated carbocycles. The number of thiophene rings is 1. The van der Waals surface area contributed by atoms with E-state index >= 15 is 0 Å². The second-order valence-corrected chi connectivity index (χ2v) is 9.82. The van der Waals surface area contributed by atoms with E-state index in [0.29, 0.717) is 39.1 Å². The molecule has 8 nitrogen and oxygen atoms in total. The number of non-ortho nitro benzene ring substituents is 1. The average molecular weight is 462 g/mol. The highest BCUT2D eigenvalue weighted by atomic mass is 32.2. The van der Waals surface area contributed by atoms with Crippen LogP contribution >= 0.6 is 23.1 Å². The van der Waals surface area contributed by atoms with Gasteiger partial charge in [-0.05, 0) is 24.8 Å². The second-order valence-electron chi connectivity index (χ2n) is 7.66. The number of benzene rings is 1. The van der Waals surface area contributed by atoms with E-state index in [2.05, 4.69) is 23.8 Å². The van der Waals surface area contributed by atoms with Crippen LogP contribution in [0.25, 0.3) is 10.2 Å². The zero-order chi connectivity index (χ0) is 22.1. The molecule has 1 aliphatic heterocycles. The van der Waals surface area contributed by atoms with Crippen molar-refractivity contribution in [2.75, 3.05) is 6.79 Å². The van der Waals surface area contributed by atoms with Crippen LogP contribution in [0.5, 0.6) is 5.75 Å². The van der Waals surface area contributed by atoms with Crippen molar-refractivity contribution in [1.29, 1.82) is 0 Å². The van der Waals surface area contributed by atoms with E-state index in [4.69, 9.17) is 9.47 Å². The Balaban J connectivity index is 1.64. The van der Waals surface area contributed by atoms with Crippen molar-refractivity contribution in [3.63, 3.8) is 0 Å². The quantitative estimate of drug-likeness (QED) is 0.230. The van der Waals surface area contributed by atoms with Crippen LogP contribution in [0.4, 0.5) is 5.69 Å². The van der Waals surface area contributed by atoms with E-state index in [1.54, 1.807) is 0 Å². The standard InChI is InChI=1S/C21H23N3O5S2/c1-4-11(2)5-16-12(3)31-20-17(16)19(25)22-21(23-20)30-9-14-7-15(24(26)27)6-13-8-28-10-29-18(13)14/h6-7,11H,4-5,8-10H2,1-3H3,(H,22,23,25). The predicted octanol–water partition coefficient (Wildman–Crippen LogP) is 4.95. The summed E-state index contributed by atoms with van der Waals surface area (Å²) in [5.74, 6) is 1.48. The van der Waals surface area contributed by atoms with Crippen molar-refractivity contribution in [2.24, 2.45) is 5.92 Å². The van der Waals surface area contributed by atoms with Crippen LogP contribution in [-0.2, 0) is 23.5 Å². The summed E-state index contributed by atoms with van der Waals surface area (Å²) in [5, 5.41) is 12.5. The zero-order valence-electron chi connectivity index (χ0n) is 17.5. The maximum absolute atomic E-state index is 12.9. The molecule has 3 aromatic rings. The molecule has 0 amide bonds. The van der Waals surface area contributed by atoms with Gasteiger partial charge < -0.3 is 14.5 Å². The first-order valence-corrected chi connectivity index (χ1v) is 11.8. The summed E-state index contributed by atoms with van der Waals surface area (Å²) in [7, 11) is 0. The number of thioether (sulfide) groups is 1. The summed E-state index contributed by atoms with van der Waals surface area (Å²) in [4.78, 5) is 33.1. The van der Waals surface area contributed by atoms with Gasteiger partial charge in [-0.2, -0.15) is 0 Å². The second kappa shape index (κ2) is 8.97. The first kappa shape index (κ1) is 21.8. The van der Waals surface area contributed by atoms with Gasteiger partial charge in [0, 0.05) is 33.9 Å². The molecule has 4 rings (SSSR count). The fourth-order valence-corrected chi connectivity index (χ4v) is 5.54. The molecule has 0 bridgehead atoms. The molecule has 0 saturated heterocycles. The topological polar surface area (TPSA) is 107 Å². The molecule has 2 aromatic heterocycles. The number of nitro groups is 1. The molecule has 31 heavy (non-hydrogen) atoms. The highest BCUT2D eigenvalue weighted by Crippen LogP contribution is 2.36. The number of ether oxygens (including phenoxy) is 2. The van der Waals surface area contributed by atoms with Crippen LogP contribution in [-0.4, -0.2) is 21.7 Å². The lowest BCUT2D eigenvalue weighted by molar-refractivity contribution is -0.385. The largest absolute Gasteiger partial charge is 0.467 e. The van der Waals surface area contributed by atoms with Crippen molar-refractivity contribution in [2.45, 2.75) is 51.1 Å². The van der Waals surface area contributed by atoms with Gasteiger partial charge in [-0.3, -0.25) is 14.9 Å². The van der Waals surface area contributed by atoms with Gasteiger partial charge in [-0.25, -0.2) is 4.98 Å². The minimum Gasteiger partial charge on any atom is -0.467 e. The van der Waals surface area contributed by atoms with E-state index in [1.807, 2.05) is 6.92 Å². The van der Waals surface area contributed by atoms with Crippen LogP contribution in [0.2, 0.25) is 0 Å². The van der Waals surface area contributed by atoms with E-state index in [-0.39, 0.29) is 24.6 Å². The van der Waals surface area contributed by atoms with Crippen molar-refractivity contribution >= 4 is 39.0 Å². The lowest BCUT2D eigenvalue weighted by Crippen LogP contribution is -2.14. The van der Waals surface area contributed by atoms with Gasteiger partial charge in [-0.15, -0.1) is 11.3 Å². The molecular formula is C21H23N3O5S2. The number of H-pyrrole nitrogens is 1. The van der Waals surface area contributed by atoms with Crippen molar-refractivity contribution < 1.29 is 14.4 Å². The van der Waals surface area contributed by atoms with Crippen LogP contribution < -0.4 is 10.3 Å². The van der Waals surface area contributed by atoms with Gasteiger partial charge in [0.05, 0.1) is 16.9 Å². The summed E-state index contributed by atoms with van der Waals surface area (Å²) >= 11 is 2.86. The van der Waals surface area contributed by atoms with Crippen molar-refractivity contribution in [3.05, 3.63) is 54.2 Å². The van der Waals surface area contributed by atoms with Crippen molar-refractivity contribution in [3.8, 4) is 5.75 Å². The van der Waals surface area contributed by atoms with Gasteiger partial charge in [0.1, 0.15) is 10.6 Å². The molecule has 10 heteroatoms. The highest BCUT2D eigenvalue weighted by Gasteiger charge is 2.22. The number of hydrogen-bond acceptors (Lipinski definition) is 8. The molecule has 1 unspecified atom stereocenters. The third-order valence-corrected chi connectivity index (χ3v) is 7.40. The number of nitrogens with zero attached hydrogens (tertiary/aromatic N) is 2. The number of nitrogens with one attached hydrogen (secondary N) is 1. The number of hydrogen-bond donors (Lipinski definition) is 1. The van der Waals surface area contributed by atoms with E-state index in [1.165, 1.54) is 35.2 Å². The number of aromatic amines is 1. The van der Waals surface area contributed by atoms with E-state index in [9.17, 15) is 14.9 Å².